The molecule has 8 heteroatoms. The number of ether oxygens (including phenoxy) is 3. The van der Waals surface area contributed by atoms with Crippen molar-refractivity contribution in [2.24, 2.45) is 0 Å². The maximum atomic E-state index is 11.3. The number of aliphatic carboxylic acids is 1. The van der Waals surface area contributed by atoms with Crippen molar-refractivity contribution < 1.29 is 28.6 Å². The first-order chi connectivity index (χ1) is 17.5. The Balaban J connectivity index is 1.37. The second-order valence-corrected chi connectivity index (χ2v) is 9.47. The van der Waals surface area contributed by atoms with Gasteiger partial charge in [-0.25, -0.2) is 4.79 Å². The third-order valence-corrected chi connectivity index (χ3v) is 6.94. The number of methoxy groups -OCH3 is 1. The van der Waals surface area contributed by atoms with Crippen LogP contribution in [0.4, 0.5) is 0 Å². The van der Waals surface area contributed by atoms with Gasteiger partial charge in [-0.15, -0.1) is 11.3 Å². The molecule has 2 aromatic carbocycles. The van der Waals surface area contributed by atoms with Crippen LogP contribution < -0.4 is 4.74 Å². The first kappa shape index (κ1) is 25.6. The Labute approximate surface area is 214 Å². The standard InChI is InChI=1S/C28H29NO6S/c1-4-33-25(28(30)31)14-19-5-11-23(12-6-19)34-17-27-18(2)13-26(36-27)21-9-7-20(8-10-21)24-15-22(16-32-3)29-35-24/h5-13,15,25H,4,14,16-17H2,1-3H3,(H,30,31)/t25-/m0/s1. The molecule has 36 heavy (non-hydrogen) atoms. The number of hydrogen-bond acceptors (Lipinski definition) is 7. The van der Waals surface area contributed by atoms with Gasteiger partial charge in [0.25, 0.3) is 0 Å². The Kier molecular flexibility index (Phi) is 8.53. The lowest BCUT2D eigenvalue weighted by molar-refractivity contribution is -0.149. The molecule has 1 atom stereocenters. The molecule has 0 unspecified atom stereocenters. The summed E-state index contributed by atoms with van der Waals surface area (Å²) in [5, 5.41) is 13.3. The monoisotopic (exact) mass is 507 g/mol. The summed E-state index contributed by atoms with van der Waals surface area (Å²) in [4.78, 5) is 13.6. The van der Waals surface area contributed by atoms with E-state index in [2.05, 4.69) is 30.3 Å². The molecule has 4 aromatic rings. The Morgan fingerprint density at radius 1 is 1.06 bits per heavy atom. The van der Waals surface area contributed by atoms with E-state index in [-0.39, 0.29) is 0 Å². The van der Waals surface area contributed by atoms with Gasteiger partial charge >= 0.3 is 5.97 Å². The summed E-state index contributed by atoms with van der Waals surface area (Å²) in [6.07, 6.45) is -0.521. The van der Waals surface area contributed by atoms with Gasteiger partial charge in [0.1, 0.15) is 18.1 Å². The van der Waals surface area contributed by atoms with Gasteiger partial charge in [0.15, 0.2) is 11.9 Å². The summed E-state index contributed by atoms with van der Waals surface area (Å²) in [6, 6.07) is 19.8. The molecular weight excluding hydrogens is 478 g/mol. The normalized spacial score (nSPS) is 12.0. The third kappa shape index (κ3) is 6.40. The van der Waals surface area contributed by atoms with E-state index in [1.807, 2.05) is 42.5 Å². The Morgan fingerprint density at radius 2 is 1.78 bits per heavy atom. The van der Waals surface area contributed by atoms with Gasteiger partial charge in [0.05, 0.1) is 6.61 Å². The average Bonchev–Trinajstić information content (AvgIpc) is 3.50. The van der Waals surface area contributed by atoms with Gasteiger partial charge in [-0.05, 0) is 48.7 Å². The van der Waals surface area contributed by atoms with Crippen LogP contribution in [0.3, 0.4) is 0 Å². The van der Waals surface area contributed by atoms with Crippen LogP contribution in [0, 0.1) is 6.92 Å². The summed E-state index contributed by atoms with van der Waals surface area (Å²) in [7, 11) is 1.63. The molecule has 0 saturated carbocycles. The van der Waals surface area contributed by atoms with Crippen molar-refractivity contribution in [2.45, 2.75) is 39.6 Å². The van der Waals surface area contributed by atoms with Gasteiger partial charge in [0.2, 0.25) is 0 Å². The number of rotatable bonds is 12. The van der Waals surface area contributed by atoms with Crippen molar-refractivity contribution in [1.29, 1.82) is 0 Å². The van der Waals surface area contributed by atoms with Crippen molar-refractivity contribution >= 4 is 17.3 Å². The van der Waals surface area contributed by atoms with Crippen LogP contribution in [0.1, 0.15) is 28.6 Å². The fourth-order valence-electron chi connectivity index (χ4n) is 3.77. The molecule has 0 radical (unpaired) electrons. The number of nitrogens with zero attached hydrogens (tertiary/aromatic N) is 1. The summed E-state index contributed by atoms with van der Waals surface area (Å²) < 4.78 is 21.8. The number of benzene rings is 2. The fourth-order valence-corrected chi connectivity index (χ4v) is 4.86. The van der Waals surface area contributed by atoms with Crippen molar-refractivity contribution in [3.8, 4) is 27.5 Å². The highest BCUT2D eigenvalue weighted by molar-refractivity contribution is 7.15. The van der Waals surface area contributed by atoms with Crippen LogP contribution in [0.25, 0.3) is 21.8 Å². The highest BCUT2D eigenvalue weighted by atomic mass is 32.1. The SMILES string of the molecule is CCO[C@@H](Cc1ccc(OCc2sc(-c3ccc(-c4cc(COC)no4)cc3)cc2C)cc1)C(=O)O. The number of aromatic nitrogens is 1. The first-order valence-electron chi connectivity index (χ1n) is 11.7. The predicted molar refractivity (Wildman–Crippen MR) is 138 cm³/mol. The number of carbonyl (C=O) groups is 1. The molecule has 0 spiro atoms. The lowest BCUT2D eigenvalue weighted by Crippen LogP contribution is -2.26. The molecular formula is C28H29NO6S. The number of carboxylic acids is 1. The zero-order chi connectivity index (χ0) is 25.5. The second-order valence-electron chi connectivity index (χ2n) is 8.33. The zero-order valence-corrected chi connectivity index (χ0v) is 21.3. The van der Waals surface area contributed by atoms with Crippen molar-refractivity contribution in [2.75, 3.05) is 13.7 Å². The molecule has 1 N–H and O–H groups in total. The molecule has 0 aliphatic rings. The minimum absolute atomic E-state index is 0.320. The molecule has 0 bridgehead atoms. The van der Waals surface area contributed by atoms with Gasteiger partial charge in [-0.1, -0.05) is 41.6 Å². The minimum atomic E-state index is -0.954. The van der Waals surface area contributed by atoms with Crippen molar-refractivity contribution in [3.05, 3.63) is 82.4 Å². The van der Waals surface area contributed by atoms with Crippen LogP contribution in [0.15, 0.2) is 65.2 Å². The molecule has 7 nitrogen and oxygen atoms in total. The van der Waals surface area contributed by atoms with Crippen LogP contribution in [0.2, 0.25) is 0 Å². The Bertz CT molecular complexity index is 1280. The highest BCUT2D eigenvalue weighted by Crippen LogP contribution is 2.33. The molecule has 0 fully saturated rings. The summed E-state index contributed by atoms with van der Waals surface area (Å²) in [5.41, 5.74) is 4.92. The van der Waals surface area contributed by atoms with Crippen molar-refractivity contribution in [3.63, 3.8) is 0 Å². The minimum Gasteiger partial charge on any atom is -0.488 e. The first-order valence-corrected chi connectivity index (χ1v) is 12.5. The van der Waals surface area contributed by atoms with E-state index in [1.165, 1.54) is 10.4 Å². The van der Waals surface area contributed by atoms with E-state index in [4.69, 9.17) is 18.7 Å². The van der Waals surface area contributed by atoms with E-state index in [1.54, 1.807) is 25.4 Å². The number of carboxylic acid groups (broad SMARTS) is 1. The molecule has 0 aliphatic carbocycles. The largest absolute Gasteiger partial charge is 0.488 e. The maximum Gasteiger partial charge on any atom is 0.333 e. The van der Waals surface area contributed by atoms with E-state index >= 15 is 0 Å². The molecule has 0 aliphatic heterocycles. The van der Waals surface area contributed by atoms with Gasteiger partial charge in [-0.3, -0.25) is 0 Å². The molecule has 0 saturated heterocycles. The smallest absolute Gasteiger partial charge is 0.333 e. The Morgan fingerprint density at radius 3 is 2.44 bits per heavy atom. The van der Waals surface area contributed by atoms with Crippen LogP contribution >= 0.6 is 11.3 Å². The quantitative estimate of drug-likeness (QED) is 0.246. The third-order valence-electron chi connectivity index (χ3n) is 5.68. The lowest BCUT2D eigenvalue weighted by Gasteiger charge is -2.13. The van der Waals surface area contributed by atoms with Crippen LogP contribution in [-0.4, -0.2) is 36.1 Å². The van der Waals surface area contributed by atoms with E-state index < -0.39 is 12.1 Å². The Hall–Kier alpha value is -3.46. The van der Waals surface area contributed by atoms with E-state index in [0.717, 1.165) is 33.0 Å². The number of thiophene rings is 1. The highest BCUT2D eigenvalue weighted by Gasteiger charge is 2.18. The second kappa shape index (κ2) is 12.0. The number of aryl methyl sites for hydroxylation is 1. The summed E-state index contributed by atoms with van der Waals surface area (Å²) >= 11 is 1.71. The van der Waals surface area contributed by atoms with E-state index in [0.29, 0.717) is 32.0 Å². The van der Waals surface area contributed by atoms with Gasteiger partial charge in [-0.2, -0.15) is 0 Å². The predicted octanol–water partition coefficient (Wildman–Crippen LogP) is 6.14. The van der Waals surface area contributed by atoms with Crippen molar-refractivity contribution in [1.82, 2.24) is 5.16 Å². The summed E-state index contributed by atoms with van der Waals surface area (Å²) in [5.74, 6) is 0.498. The molecule has 2 heterocycles. The topological polar surface area (TPSA) is 91.0 Å². The van der Waals surface area contributed by atoms with E-state index in [9.17, 15) is 9.90 Å². The molecule has 4 rings (SSSR count). The van der Waals surface area contributed by atoms with Gasteiger partial charge in [0, 0.05) is 41.5 Å². The average molecular weight is 508 g/mol. The van der Waals surface area contributed by atoms with Crippen LogP contribution in [0.5, 0.6) is 5.75 Å². The molecule has 188 valence electrons. The zero-order valence-electron chi connectivity index (χ0n) is 20.5. The lowest BCUT2D eigenvalue weighted by atomic mass is 10.1. The van der Waals surface area contributed by atoms with Gasteiger partial charge < -0.3 is 23.8 Å². The molecule has 0 amide bonds. The van der Waals surface area contributed by atoms with Crippen LogP contribution in [-0.2, 0) is 33.9 Å². The molecule has 2 aromatic heterocycles. The number of hydrogen-bond donors (Lipinski definition) is 1. The maximum absolute atomic E-state index is 11.3. The summed E-state index contributed by atoms with van der Waals surface area (Å²) in [6.45, 7) is 5.12. The fraction of sp³-hybridized carbons (Fsp3) is 0.286.